The monoisotopic (exact) mass is 316 g/mol. The Morgan fingerprint density at radius 1 is 0.818 bits per heavy atom. The van der Waals surface area contributed by atoms with Gasteiger partial charge in [-0.1, -0.05) is 13.8 Å². The molecule has 0 aliphatic carbocycles. The Bertz CT molecular complexity index is 364. The van der Waals surface area contributed by atoms with Crippen molar-refractivity contribution in [3.05, 3.63) is 0 Å². The van der Waals surface area contributed by atoms with Gasteiger partial charge < -0.3 is 14.2 Å². The summed E-state index contributed by atoms with van der Waals surface area (Å²) in [5.74, 6) is -1.00. The van der Waals surface area contributed by atoms with Gasteiger partial charge in [0.1, 0.15) is 12.2 Å². The number of hydrogen-bond acceptors (Lipinski definition) is 6. The summed E-state index contributed by atoms with van der Waals surface area (Å²) >= 11 is 0. The molecule has 0 aliphatic heterocycles. The van der Waals surface area contributed by atoms with E-state index in [0.717, 1.165) is 19.3 Å². The maximum absolute atomic E-state index is 11.3. The van der Waals surface area contributed by atoms with E-state index < -0.39 is 12.2 Å². The van der Waals surface area contributed by atoms with E-state index in [9.17, 15) is 14.4 Å². The van der Waals surface area contributed by atoms with Gasteiger partial charge in [-0.25, -0.2) is 0 Å². The summed E-state index contributed by atoms with van der Waals surface area (Å²) in [6, 6.07) is 0. The number of unbranched alkanes of at least 4 members (excludes halogenated alkanes) is 2. The molecule has 0 aromatic rings. The maximum Gasteiger partial charge on any atom is 0.303 e. The molecule has 6 heteroatoms. The van der Waals surface area contributed by atoms with Gasteiger partial charge in [0.2, 0.25) is 0 Å². The van der Waals surface area contributed by atoms with Crippen LogP contribution in [0, 0.1) is 5.92 Å². The Kier molecular flexibility index (Phi) is 10.2. The van der Waals surface area contributed by atoms with Gasteiger partial charge >= 0.3 is 17.9 Å². The highest BCUT2D eigenvalue weighted by Crippen LogP contribution is 2.20. The number of hydrogen-bond donors (Lipinski definition) is 0. The Morgan fingerprint density at radius 2 is 1.41 bits per heavy atom. The van der Waals surface area contributed by atoms with Crippen LogP contribution in [-0.4, -0.2) is 36.7 Å². The predicted molar refractivity (Wildman–Crippen MR) is 81.0 cm³/mol. The van der Waals surface area contributed by atoms with Gasteiger partial charge in [0.25, 0.3) is 0 Å². The van der Waals surface area contributed by atoms with Crippen molar-refractivity contribution in [1.82, 2.24) is 0 Å². The highest BCUT2D eigenvalue weighted by molar-refractivity contribution is 5.67. The van der Waals surface area contributed by atoms with Gasteiger partial charge in [0.05, 0.1) is 6.61 Å². The van der Waals surface area contributed by atoms with E-state index in [0.29, 0.717) is 13.0 Å². The quantitative estimate of drug-likeness (QED) is 0.350. The summed E-state index contributed by atoms with van der Waals surface area (Å²) in [5, 5.41) is 0. The molecule has 0 aromatic heterocycles. The molecular weight excluding hydrogens is 288 g/mol. The first-order valence-corrected chi connectivity index (χ1v) is 7.71. The Hall–Kier alpha value is -1.59. The van der Waals surface area contributed by atoms with E-state index in [4.69, 9.17) is 14.2 Å². The Labute approximate surface area is 132 Å². The second-order valence-corrected chi connectivity index (χ2v) is 5.66. The molecule has 6 nitrogen and oxygen atoms in total. The molecule has 22 heavy (non-hydrogen) atoms. The van der Waals surface area contributed by atoms with E-state index in [1.165, 1.54) is 20.8 Å². The smallest absolute Gasteiger partial charge is 0.303 e. The van der Waals surface area contributed by atoms with Crippen molar-refractivity contribution >= 4 is 17.9 Å². The van der Waals surface area contributed by atoms with Gasteiger partial charge in [-0.05, 0) is 31.6 Å². The van der Waals surface area contributed by atoms with Crippen LogP contribution in [0.25, 0.3) is 0 Å². The van der Waals surface area contributed by atoms with Gasteiger partial charge in [-0.3, -0.25) is 14.4 Å². The van der Waals surface area contributed by atoms with Crippen LogP contribution in [-0.2, 0) is 28.6 Å². The van der Waals surface area contributed by atoms with Crippen LogP contribution < -0.4 is 0 Å². The summed E-state index contributed by atoms with van der Waals surface area (Å²) in [7, 11) is 0. The zero-order valence-corrected chi connectivity index (χ0v) is 14.2. The van der Waals surface area contributed by atoms with Crippen LogP contribution in [0.4, 0.5) is 0 Å². The third-order valence-electron chi connectivity index (χ3n) is 3.08. The van der Waals surface area contributed by atoms with Gasteiger partial charge in [-0.15, -0.1) is 0 Å². The minimum Gasteiger partial charge on any atom is -0.466 e. The SMILES string of the molecule is CC(=O)OCCCCCC(OC(C)=O)C(OC(C)=O)C(C)C. The lowest BCUT2D eigenvalue weighted by Gasteiger charge is -2.29. The van der Waals surface area contributed by atoms with Crippen LogP contribution >= 0.6 is 0 Å². The largest absolute Gasteiger partial charge is 0.466 e. The Morgan fingerprint density at radius 3 is 1.86 bits per heavy atom. The van der Waals surface area contributed by atoms with Gasteiger partial charge in [-0.2, -0.15) is 0 Å². The number of carbonyl (C=O) groups is 3. The van der Waals surface area contributed by atoms with Crippen LogP contribution in [0.1, 0.15) is 60.3 Å². The highest BCUT2D eigenvalue weighted by Gasteiger charge is 2.29. The molecule has 0 heterocycles. The molecule has 0 rings (SSSR count). The standard InChI is InChI=1S/C16H28O6/c1-11(2)16(22-14(5)19)15(21-13(4)18)9-7-6-8-10-20-12(3)17/h11,15-16H,6-10H2,1-5H3. The molecule has 0 bridgehead atoms. The molecular formula is C16H28O6. The first kappa shape index (κ1) is 20.4. The summed E-state index contributed by atoms with van der Waals surface area (Å²) in [5.41, 5.74) is 0. The molecule has 0 saturated carbocycles. The molecule has 0 aliphatic rings. The summed E-state index contributed by atoms with van der Waals surface area (Å²) in [6.07, 6.45) is 2.10. The third kappa shape index (κ3) is 10.2. The average molecular weight is 316 g/mol. The molecule has 0 saturated heterocycles. The minimum atomic E-state index is -0.449. The average Bonchev–Trinajstić information content (AvgIpc) is 2.37. The second-order valence-electron chi connectivity index (χ2n) is 5.66. The topological polar surface area (TPSA) is 78.9 Å². The summed E-state index contributed by atoms with van der Waals surface area (Å²) in [4.78, 5) is 33.1. The second kappa shape index (κ2) is 11.0. The molecule has 0 aromatic carbocycles. The molecule has 2 atom stereocenters. The zero-order valence-electron chi connectivity index (χ0n) is 14.2. The number of rotatable bonds is 10. The molecule has 0 amide bonds. The number of esters is 3. The van der Waals surface area contributed by atoms with Crippen molar-refractivity contribution in [2.24, 2.45) is 5.92 Å². The fraction of sp³-hybridized carbons (Fsp3) is 0.812. The van der Waals surface area contributed by atoms with Gasteiger partial charge in [0, 0.05) is 20.8 Å². The fourth-order valence-electron chi connectivity index (χ4n) is 2.18. The van der Waals surface area contributed by atoms with E-state index in [2.05, 4.69) is 0 Å². The maximum atomic E-state index is 11.3. The minimum absolute atomic E-state index is 0.0503. The Balaban J connectivity index is 4.39. The van der Waals surface area contributed by atoms with E-state index in [1.54, 1.807) is 0 Å². The van der Waals surface area contributed by atoms with Crippen molar-refractivity contribution in [3.8, 4) is 0 Å². The van der Waals surface area contributed by atoms with Crippen molar-refractivity contribution in [3.63, 3.8) is 0 Å². The van der Waals surface area contributed by atoms with Crippen LogP contribution in [0.3, 0.4) is 0 Å². The zero-order chi connectivity index (χ0) is 17.1. The predicted octanol–water partition coefficient (Wildman–Crippen LogP) is 2.63. The first-order valence-electron chi connectivity index (χ1n) is 7.71. The van der Waals surface area contributed by atoms with Crippen LogP contribution in [0.2, 0.25) is 0 Å². The van der Waals surface area contributed by atoms with E-state index in [-0.39, 0.29) is 23.8 Å². The summed E-state index contributed by atoms with van der Waals surface area (Å²) in [6.45, 7) is 8.31. The molecule has 0 radical (unpaired) electrons. The number of ether oxygens (including phenoxy) is 3. The lowest BCUT2D eigenvalue weighted by molar-refractivity contribution is -0.169. The first-order chi connectivity index (χ1) is 10.2. The highest BCUT2D eigenvalue weighted by atomic mass is 16.6. The molecule has 0 N–H and O–H groups in total. The third-order valence-corrected chi connectivity index (χ3v) is 3.08. The fourth-order valence-corrected chi connectivity index (χ4v) is 2.18. The van der Waals surface area contributed by atoms with Crippen LogP contribution in [0.15, 0.2) is 0 Å². The van der Waals surface area contributed by atoms with Crippen molar-refractivity contribution in [2.75, 3.05) is 6.61 Å². The number of carbonyl (C=O) groups excluding carboxylic acids is 3. The van der Waals surface area contributed by atoms with E-state index >= 15 is 0 Å². The van der Waals surface area contributed by atoms with Gasteiger partial charge in [0.15, 0.2) is 0 Å². The lowest BCUT2D eigenvalue weighted by atomic mass is 9.97. The summed E-state index contributed by atoms with van der Waals surface area (Å²) < 4.78 is 15.5. The molecule has 0 spiro atoms. The normalized spacial score (nSPS) is 13.4. The van der Waals surface area contributed by atoms with Crippen LogP contribution in [0.5, 0.6) is 0 Å². The lowest BCUT2D eigenvalue weighted by Crippen LogP contribution is -2.38. The van der Waals surface area contributed by atoms with E-state index in [1.807, 2.05) is 13.8 Å². The molecule has 2 unspecified atom stereocenters. The van der Waals surface area contributed by atoms with Crippen molar-refractivity contribution in [2.45, 2.75) is 72.5 Å². The molecule has 128 valence electrons. The van der Waals surface area contributed by atoms with Crippen molar-refractivity contribution in [1.29, 1.82) is 0 Å². The molecule has 0 fully saturated rings. The van der Waals surface area contributed by atoms with Crippen molar-refractivity contribution < 1.29 is 28.6 Å².